The molecule has 61 heavy (non-hydrogen) atoms. The Hall–Kier alpha value is -7.35. The topological polar surface area (TPSA) is 12.9 Å². The Morgan fingerprint density at radius 3 is 1.87 bits per heavy atom. The van der Waals surface area contributed by atoms with Crippen LogP contribution in [0.15, 0.2) is 212 Å². The third kappa shape index (κ3) is 5.30. The summed E-state index contributed by atoms with van der Waals surface area (Å²) in [4.78, 5) is 5.56. The maximum Gasteiger partial charge on any atom is 0.0722 e. The van der Waals surface area contributed by atoms with Gasteiger partial charge in [-0.05, 0) is 119 Å². The van der Waals surface area contributed by atoms with Crippen LogP contribution in [-0.4, -0.2) is 4.98 Å². The van der Waals surface area contributed by atoms with E-state index in [0.29, 0.717) is 0 Å². The third-order valence-electron chi connectivity index (χ3n) is 13.8. The molecular weight excluding hydrogens is 735 g/mol. The fourth-order valence-electron chi connectivity index (χ4n) is 10.9. The predicted molar refractivity (Wildman–Crippen MR) is 256 cm³/mol. The minimum absolute atomic E-state index is 0.179. The molecule has 0 aliphatic heterocycles. The highest BCUT2D eigenvalue weighted by molar-refractivity contribution is 6.09. The van der Waals surface area contributed by atoms with Crippen LogP contribution >= 0.6 is 0 Å². The van der Waals surface area contributed by atoms with Crippen LogP contribution in [0.1, 0.15) is 59.2 Å². The molecule has 3 aliphatic carbocycles. The van der Waals surface area contributed by atoms with Gasteiger partial charge in [0.05, 0.1) is 16.8 Å². The minimum atomic E-state index is -0.528. The van der Waals surface area contributed by atoms with Gasteiger partial charge in [0.1, 0.15) is 0 Å². The predicted octanol–water partition coefficient (Wildman–Crippen LogP) is 15.3. The molecule has 1 heterocycles. The normalized spacial score (nSPS) is 15.2. The summed E-state index contributed by atoms with van der Waals surface area (Å²) in [6, 6.07) is 68.1. The summed E-state index contributed by atoms with van der Waals surface area (Å²) in [5.74, 6) is 0. The van der Waals surface area contributed by atoms with Crippen LogP contribution in [-0.2, 0) is 10.8 Å². The number of hydrogen-bond acceptors (Lipinski definition) is 1. The molecule has 0 N–H and O–H groups in total. The first-order valence-electron chi connectivity index (χ1n) is 21.5. The van der Waals surface area contributed by atoms with E-state index in [2.05, 4.69) is 226 Å². The first kappa shape index (κ1) is 35.6. The monoisotopic (exact) mass is 777 g/mol. The van der Waals surface area contributed by atoms with Crippen LogP contribution in [0.2, 0.25) is 0 Å². The molecule has 1 heteroatoms. The van der Waals surface area contributed by atoms with Crippen molar-refractivity contribution in [3.05, 3.63) is 251 Å². The Bertz CT molecular complexity index is 3310. The van der Waals surface area contributed by atoms with Crippen molar-refractivity contribution < 1.29 is 0 Å². The molecule has 0 saturated carbocycles. The quantitative estimate of drug-likeness (QED) is 0.162. The fraction of sp³-hybridized carbons (Fsp3) is 0.0833. The van der Waals surface area contributed by atoms with E-state index in [-0.39, 0.29) is 5.41 Å². The van der Waals surface area contributed by atoms with Crippen molar-refractivity contribution in [2.24, 2.45) is 0 Å². The van der Waals surface area contributed by atoms with Gasteiger partial charge in [-0.2, -0.15) is 0 Å². The number of fused-ring (bicyclic) bond motifs is 12. The molecule has 0 saturated heterocycles. The Morgan fingerprint density at radius 1 is 0.426 bits per heavy atom. The minimum Gasteiger partial charge on any atom is -0.248 e. The van der Waals surface area contributed by atoms with Crippen molar-refractivity contribution in [2.45, 2.75) is 31.1 Å². The summed E-state index contributed by atoms with van der Waals surface area (Å²) in [7, 11) is 0. The largest absolute Gasteiger partial charge is 0.248 e. The first-order valence-corrected chi connectivity index (χ1v) is 21.5. The summed E-state index contributed by atoms with van der Waals surface area (Å²) in [5, 5.41) is 5.07. The first-order chi connectivity index (χ1) is 30.0. The molecule has 1 aromatic heterocycles. The van der Waals surface area contributed by atoms with Crippen LogP contribution in [0.4, 0.5) is 0 Å². The molecule has 3 aliphatic rings. The molecule has 1 spiro atoms. The average molecular weight is 778 g/mol. The lowest BCUT2D eigenvalue weighted by atomic mass is 9.55. The van der Waals surface area contributed by atoms with Crippen molar-refractivity contribution in [1.82, 2.24) is 4.98 Å². The van der Waals surface area contributed by atoms with E-state index in [1.54, 1.807) is 0 Å². The molecule has 1 nitrogen and oxygen atoms in total. The summed E-state index contributed by atoms with van der Waals surface area (Å²) < 4.78 is 0. The number of hydrogen-bond donors (Lipinski definition) is 0. The molecule has 0 amide bonds. The molecule has 9 aromatic rings. The number of nitrogens with zero attached hydrogens (tertiary/aromatic N) is 1. The van der Waals surface area contributed by atoms with Crippen LogP contribution in [0, 0.1) is 0 Å². The van der Waals surface area contributed by atoms with Gasteiger partial charge in [0.25, 0.3) is 0 Å². The average Bonchev–Trinajstić information content (AvgIpc) is 3.42. The highest BCUT2D eigenvalue weighted by Gasteiger charge is 2.53. The van der Waals surface area contributed by atoms with Crippen molar-refractivity contribution in [3.63, 3.8) is 0 Å². The Balaban J connectivity index is 1.17. The molecule has 12 rings (SSSR count). The van der Waals surface area contributed by atoms with Gasteiger partial charge in [-0.3, -0.25) is 0 Å². The van der Waals surface area contributed by atoms with Crippen LogP contribution < -0.4 is 0 Å². The second-order valence-corrected chi connectivity index (χ2v) is 17.4. The van der Waals surface area contributed by atoms with Gasteiger partial charge < -0.3 is 0 Å². The van der Waals surface area contributed by atoms with Crippen LogP contribution in [0.25, 0.3) is 71.9 Å². The summed E-state index contributed by atoms with van der Waals surface area (Å²) >= 11 is 0. The molecule has 0 atom stereocenters. The number of pyridine rings is 1. The standard InChI is InChI=1S/C60H43N/c1-59(2)51-24-12-14-26-53(51)60(54-27-15-13-25-52(54)59)50-34-33-44(43-32-31-41-30-29-40-19-10-11-22-46(40)48(41)35-43)36-49(50)58-47(23-16-28-55(58)60)57-38-45(39-17-6-3-4-7-18-39)37-56(61-57)42-20-8-5-9-21-42/h3-6,8-38H,7H2,1-2H3. The van der Waals surface area contributed by atoms with Gasteiger partial charge in [0, 0.05) is 16.5 Å². The van der Waals surface area contributed by atoms with E-state index in [0.717, 1.165) is 28.9 Å². The van der Waals surface area contributed by atoms with Crippen molar-refractivity contribution in [1.29, 1.82) is 0 Å². The fourth-order valence-corrected chi connectivity index (χ4v) is 10.9. The van der Waals surface area contributed by atoms with Crippen molar-refractivity contribution >= 4 is 27.1 Å². The van der Waals surface area contributed by atoms with Gasteiger partial charge in [-0.15, -0.1) is 0 Å². The molecule has 0 radical (unpaired) electrons. The molecule has 0 unspecified atom stereocenters. The van der Waals surface area contributed by atoms with Crippen molar-refractivity contribution in [2.75, 3.05) is 0 Å². The van der Waals surface area contributed by atoms with Gasteiger partial charge in [-0.25, -0.2) is 4.98 Å². The molecule has 288 valence electrons. The second-order valence-electron chi connectivity index (χ2n) is 17.4. The third-order valence-corrected chi connectivity index (χ3v) is 13.8. The molecule has 0 fully saturated rings. The van der Waals surface area contributed by atoms with Gasteiger partial charge in [0.15, 0.2) is 0 Å². The Kier molecular flexibility index (Phi) is 7.93. The van der Waals surface area contributed by atoms with Gasteiger partial charge in [0.2, 0.25) is 0 Å². The van der Waals surface area contributed by atoms with Crippen LogP contribution in [0.3, 0.4) is 0 Å². The highest BCUT2D eigenvalue weighted by atomic mass is 14.7. The maximum atomic E-state index is 5.56. The molecular formula is C60H43N. The molecule has 0 bridgehead atoms. The van der Waals surface area contributed by atoms with Gasteiger partial charge >= 0.3 is 0 Å². The van der Waals surface area contributed by atoms with Gasteiger partial charge in [-0.1, -0.05) is 202 Å². The highest BCUT2D eigenvalue weighted by Crippen LogP contribution is 2.63. The number of rotatable bonds is 4. The van der Waals surface area contributed by atoms with E-state index in [4.69, 9.17) is 4.98 Å². The van der Waals surface area contributed by atoms with Crippen molar-refractivity contribution in [3.8, 4) is 44.8 Å². The van der Waals surface area contributed by atoms with E-state index < -0.39 is 5.41 Å². The number of aromatic nitrogens is 1. The number of benzene rings is 8. The SMILES string of the molecule is CC1(C)c2ccccc2C2(c3ccc(-c4ccc5ccc6ccccc6c5c4)cc3-c3c(-c4cc(C5=CCC=CC=C5)cc(-c5ccccc5)n4)cccc32)c2ccccc21. The van der Waals surface area contributed by atoms with E-state index >= 15 is 0 Å². The number of allylic oxidation sites excluding steroid dienone is 6. The van der Waals surface area contributed by atoms with E-state index in [1.165, 1.54) is 88.3 Å². The summed E-state index contributed by atoms with van der Waals surface area (Å²) in [6.45, 7) is 4.79. The summed E-state index contributed by atoms with van der Waals surface area (Å²) in [6.07, 6.45) is 11.9. The smallest absolute Gasteiger partial charge is 0.0722 e. The second kappa shape index (κ2) is 13.6. The lowest BCUT2D eigenvalue weighted by molar-refractivity contribution is 0.563. The van der Waals surface area contributed by atoms with E-state index in [1.807, 2.05) is 0 Å². The summed E-state index contributed by atoms with van der Waals surface area (Å²) in [5.41, 5.74) is 18.9. The zero-order chi connectivity index (χ0) is 40.7. The zero-order valence-electron chi connectivity index (χ0n) is 34.4. The molecule has 8 aromatic carbocycles. The Morgan fingerprint density at radius 2 is 1.07 bits per heavy atom. The lowest BCUT2D eigenvalue weighted by Gasteiger charge is -2.46. The zero-order valence-corrected chi connectivity index (χ0v) is 34.4. The maximum absolute atomic E-state index is 5.56. The Labute approximate surface area is 357 Å². The lowest BCUT2D eigenvalue weighted by Crippen LogP contribution is -2.40. The van der Waals surface area contributed by atoms with Crippen LogP contribution in [0.5, 0.6) is 0 Å². The van der Waals surface area contributed by atoms with E-state index in [9.17, 15) is 0 Å².